The summed E-state index contributed by atoms with van der Waals surface area (Å²) in [6.07, 6.45) is 2.35. The topological polar surface area (TPSA) is 58.1 Å². The number of hydrogen-bond acceptors (Lipinski definition) is 4. The first-order valence-corrected chi connectivity index (χ1v) is 11.2. The van der Waals surface area contributed by atoms with E-state index in [0.29, 0.717) is 12.5 Å². The molecule has 1 heterocycles. The fraction of sp³-hybridized carbons (Fsp3) is 0.480. The van der Waals surface area contributed by atoms with Crippen LogP contribution >= 0.6 is 0 Å². The smallest absolute Gasteiger partial charge is 0.191 e. The van der Waals surface area contributed by atoms with Crippen molar-refractivity contribution in [1.82, 2.24) is 15.5 Å². The van der Waals surface area contributed by atoms with E-state index in [1.807, 2.05) is 18.2 Å². The second-order valence-corrected chi connectivity index (χ2v) is 7.96. The second-order valence-electron chi connectivity index (χ2n) is 7.96. The van der Waals surface area contributed by atoms with Crippen LogP contribution in [0.15, 0.2) is 53.5 Å². The van der Waals surface area contributed by atoms with E-state index in [2.05, 4.69) is 52.8 Å². The van der Waals surface area contributed by atoms with Crippen LogP contribution in [0.4, 0.5) is 0 Å². The Balaban J connectivity index is 1.47. The van der Waals surface area contributed by atoms with Gasteiger partial charge in [0, 0.05) is 26.2 Å². The fourth-order valence-corrected chi connectivity index (χ4v) is 3.95. The molecule has 0 bridgehead atoms. The average molecular weight is 425 g/mol. The van der Waals surface area contributed by atoms with Crippen LogP contribution < -0.4 is 20.1 Å². The van der Waals surface area contributed by atoms with E-state index in [0.717, 1.165) is 55.6 Å². The molecule has 168 valence electrons. The van der Waals surface area contributed by atoms with E-state index in [9.17, 15) is 0 Å². The molecule has 2 N–H and O–H groups in total. The molecule has 0 amide bonds. The van der Waals surface area contributed by atoms with Gasteiger partial charge in [0.1, 0.15) is 0 Å². The van der Waals surface area contributed by atoms with Gasteiger partial charge >= 0.3 is 0 Å². The molecule has 0 radical (unpaired) electrons. The van der Waals surface area contributed by atoms with E-state index in [4.69, 9.17) is 14.5 Å². The molecule has 1 unspecified atom stereocenters. The minimum Gasteiger partial charge on any atom is -0.493 e. The summed E-state index contributed by atoms with van der Waals surface area (Å²) in [5, 5.41) is 6.89. The first-order valence-electron chi connectivity index (χ1n) is 11.2. The molecule has 0 saturated carbocycles. The summed E-state index contributed by atoms with van der Waals surface area (Å²) in [7, 11) is 3.30. The first-order chi connectivity index (χ1) is 15.2. The van der Waals surface area contributed by atoms with Gasteiger partial charge in [0.05, 0.1) is 20.8 Å². The molecule has 1 aliphatic heterocycles. The Labute approximate surface area is 186 Å². The lowest BCUT2D eigenvalue weighted by atomic mass is 10.1. The Hall–Kier alpha value is -2.73. The molecule has 3 rings (SSSR count). The molecule has 1 saturated heterocycles. The van der Waals surface area contributed by atoms with Gasteiger partial charge in [0.2, 0.25) is 0 Å². The van der Waals surface area contributed by atoms with Crippen molar-refractivity contribution in [1.29, 1.82) is 0 Å². The van der Waals surface area contributed by atoms with Gasteiger partial charge in [-0.1, -0.05) is 36.4 Å². The quantitative estimate of drug-likeness (QED) is 0.453. The van der Waals surface area contributed by atoms with Crippen molar-refractivity contribution in [2.45, 2.75) is 26.3 Å². The van der Waals surface area contributed by atoms with Gasteiger partial charge < -0.3 is 25.0 Å². The monoisotopic (exact) mass is 424 g/mol. The molecule has 1 atom stereocenters. The third kappa shape index (κ3) is 7.17. The number of aliphatic imine (C=N–C) groups is 1. The average Bonchev–Trinajstić information content (AvgIpc) is 3.28. The number of benzene rings is 2. The van der Waals surface area contributed by atoms with Crippen LogP contribution in [0.1, 0.15) is 24.5 Å². The predicted octanol–water partition coefficient (Wildman–Crippen LogP) is 3.32. The summed E-state index contributed by atoms with van der Waals surface area (Å²) in [6.45, 7) is 7.92. The zero-order valence-electron chi connectivity index (χ0n) is 19.1. The lowest BCUT2D eigenvalue weighted by molar-refractivity contribution is 0.328. The number of rotatable bonds is 10. The Kier molecular flexibility index (Phi) is 9.03. The largest absolute Gasteiger partial charge is 0.493 e. The summed E-state index contributed by atoms with van der Waals surface area (Å²) >= 11 is 0. The lowest BCUT2D eigenvalue weighted by Crippen LogP contribution is -2.40. The van der Waals surface area contributed by atoms with Crippen LogP contribution in [0.3, 0.4) is 0 Å². The normalized spacial score (nSPS) is 16.9. The van der Waals surface area contributed by atoms with Crippen molar-refractivity contribution >= 4 is 5.96 Å². The summed E-state index contributed by atoms with van der Waals surface area (Å²) in [6, 6.07) is 16.7. The summed E-state index contributed by atoms with van der Waals surface area (Å²) in [5.74, 6) is 2.98. The predicted molar refractivity (Wildman–Crippen MR) is 127 cm³/mol. The number of methoxy groups -OCH3 is 2. The van der Waals surface area contributed by atoms with Gasteiger partial charge in [-0.25, -0.2) is 4.99 Å². The zero-order chi connectivity index (χ0) is 21.9. The van der Waals surface area contributed by atoms with Crippen LogP contribution in [0, 0.1) is 5.92 Å². The highest BCUT2D eigenvalue weighted by Crippen LogP contribution is 2.27. The van der Waals surface area contributed by atoms with Crippen LogP contribution in [0.2, 0.25) is 0 Å². The molecule has 6 heteroatoms. The van der Waals surface area contributed by atoms with E-state index >= 15 is 0 Å². The Bertz CT molecular complexity index is 826. The molecule has 1 aliphatic rings. The summed E-state index contributed by atoms with van der Waals surface area (Å²) in [5.41, 5.74) is 2.50. The van der Waals surface area contributed by atoms with E-state index in [1.54, 1.807) is 14.2 Å². The number of ether oxygens (including phenoxy) is 2. The Morgan fingerprint density at radius 1 is 1.03 bits per heavy atom. The second kappa shape index (κ2) is 12.2. The third-order valence-electron chi connectivity index (χ3n) is 5.70. The maximum absolute atomic E-state index is 5.39. The van der Waals surface area contributed by atoms with Crippen molar-refractivity contribution in [3.63, 3.8) is 0 Å². The van der Waals surface area contributed by atoms with Gasteiger partial charge in [-0.2, -0.15) is 0 Å². The number of guanidine groups is 1. The van der Waals surface area contributed by atoms with Crippen molar-refractivity contribution in [2.24, 2.45) is 10.9 Å². The minimum absolute atomic E-state index is 0.587. The molecule has 2 aromatic rings. The van der Waals surface area contributed by atoms with Crippen LogP contribution in [0.5, 0.6) is 11.5 Å². The third-order valence-corrected chi connectivity index (χ3v) is 5.70. The van der Waals surface area contributed by atoms with E-state index in [-0.39, 0.29) is 0 Å². The number of likely N-dealkylation sites (tertiary alicyclic amines) is 1. The fourth-order valence-electron chi connectivity index (χ4n) is 3.95. The minimum atomic E-state index is 0.587. The molecule has 31 heavy (non-hydrogen) atoms. The molecule has 6 nitrogen and oxygen atoms in total. The molecule has 1 fully saturated rings. The van der Waals surface area contributed by atoms with Crippen LogP contribution in [0.25, 0.3) is 0 Å². The SMILES string of the molecule is CCNC(=NCc1ccc(OC)c(OC)c1)NCC1CCN(CCc2ccccc2)C1. The van der Waals surface area contributed by atoms with E-state index < -0.39 is 0 Å². The van der Waals surface area contributed by atoms with Gasteiger partial charge in [-0.05, 0) is 55.5 Å². The number of nitrogens with one attached hydrogen (secondary N) is 2. The molecular weight excluding hydrogens is 388 g/mol. The summed E-state index contributed by atoms with van der Waals surface area (Å²) in [4.78, 5) is 7.33. The van der Waals surface area contributed by atoms with Crippen LogP contribution in [-0.4, -0.2) is 57.8 Å². The van der Waals surface area contributed by atoms with Gasteiger partial charge in [-0.3, -0.25) is 0 Å². The summed E-state index contributed by atoms with van der Waals surface area (Å²) < 4.78 is 10.7. The molecule has 0 spiro atoms. The zero-order valence-corrected chi connectivity index (χ0v) is 19.1. The van der Waals surface area contributed by atoms with Crippen molar-refractivity contribution in [3.05, 3.63) is 59.7 Å². The maximum Gasteiger partial charge on any atom is 0.191 e. The van der Waals surface area contributed by atoms with Crippen molar-refractivity contribution in [3.8, 4) is 11.5 Å². The van der Waals surface area contributed by atoms with Gasteiger partial charge in [0.25, 0.3) is 0 Å². The van der Waals surface area contributed by atoms with Crippen molar-refractivity contribution < 1.29 is 9.47 Å². The molecule has 2 aromatic carbocycles. The lowest BCUT2D eigenvalue weighted by Gasteiger charge is -2.17. The van der Waals surface area contributed by atoms with Crippen LogP contribution in [-0.2, 0) is 13.0 Å². The van der Waals surface area contributed by atoms with Gasteiger partial charge in [-0.15, -0.1) is 0 Å². The number of hydrogen-bond donors (Lipinski definition) is 2. The van der Waals surface area contributed by atoms with E-state index in [1.165, 1.54) is 18.5 Å². The standard InChI is InChI=1S/C25H36N4O2/c1-4-26-25(27-17-21-10-11-23(30-2)24(16-21)31-3)28-18-22-13-15-29(19-22)14-12-20-8-6-5-7-9-20/h5-11,16,22H,4,12-15,17-19H2,1-3H3,(H2,26,27,28). The van der Waals surface area contributed by atoms with Gasteiger partial charge in [0.15, 0.2) is 17.5 Å². The number of nitrogens with zero attached hydrogens (tertiary/aromatic N) is 2. The Morgan fingerprint density at radius 2 is 1.84 bits per heavy atom. The highest BCUT2D eigenvalue weighted by Gasteiger charge is 2.22. The molecule has 0 aliphatic carbocycles. The molecule has 0 aromatic heterocycles. The highest BCUT2D eigenvalue weighted by molar-refractivity contribution is 5.79. The first kappa shape index (κ1) is 22.9. The maximum atomic E-state index is 5.39. The molecular formula is C25H36N4O2. The Morgan fingerprint density at radius 3 is 2.58 bits per heavy atom. The van der Waals surface area contributed by atoms with Crippen molar-refractivity contribution in [2.75, 3.05) is 46.9 Å². The highest BCUT2D eigenvalue weighted by atomic mass is 16.5.